The molecule has 0 aliphatic carbocycles. The van der Waals surface area contributed by atoms with Gasteiger partial charge in [-0.15, -0.1) is 0 Å². The average Bonchev–Trinajstić information content (AvgIpc) is 2.40. The number of phenolic OH excluding ortho intramolecular Hbond substituents is 1. The Morgan fingerprint density at radius 1 is 1.32 bits per heavy atom. The van der Waals surface area contributed by atoms with Gasteiger partial charge in [0.25, 0.3) is 0 Å². The van der Waals surface area contributed by atoms with E-state index in [1.165, 1.54) is 0 Å². The van der Waals surface area contributed by atoms with E-state index in [0.717, 1.165) is 38.2 Å². The monoisotopic (exact) mass is 282 g/mol. The molecule has 1 aromatic carbocycles. The largest absolute Gasteiger partial charge is 0.506 e. The van der Waals surface area contributed by atoms with Crippen LogP contribution in [0.15, 0.2) is 18.2 Å². The summed E-state index contributed by atoms with van der Waals surface area (Å²) in [6.45, 7) is 8.49. The number of para-hydroxylation sites is 1. The molecule has 0 saturated carbocycles. The SMILES string of the molecule is CC(C)C[C@@H](c1cccc(Cl)c1O)N1CCNCC1. The molecular weight excluding hydrogens is 260 g/mol. The highest BCUT2D eigenvalue weighted by Crippen LogP contribution is 2.37. The number of aromatic hydroxyl groups is 1. The van der Waals surface area contributed by atoms with Crippen LogP contribution >= 0.6 is 11.6 Å². The Hall–Kier alpha value is -0.770. The smallest absolute Gasteiger partial charge is 0.138 e. The third kappa shape index (κ3) is 3.62. The van der Waals surface area contributed by atoms with Crippen LogP contribution in [0.25, 0.3) is 0 Å². The molecule has 1 aliphatic heterocycles. The first-order valence-electron chi connectivity index (χ1n) is 7.01. The van der Waals surface area contributed by atoms with Crippen molar-refractivity contribution in [2.45, 2.75) is 26.3 Å². The molecule has 2 rings (SSSR count). The topological polar surface area (TPSA) is 35.5 Å². The lowest BCUT2D eigenvalue weighted by atomic mass is 9.94. The fourth-order valence-electron chi connectivity index (χ4n) is 2.71. The number of phenols is 1. The first-order valence-corrected chi connectivity index (χ1v) is 7.39. The number of nitrogens with zero attached hydrogens (tertiary/aromatic N) is 1. The van der Waals surface area contributed by atoms with Gasteiger partial charge in [-0.25, -0.2) is 0 Å². The second-order valence-corrected chi connectivity index (χ2v) is 6.02. The average molecular weight is 283 g/mol. The first kappa shape index (κ1) is 14.6. The molecule has 0 amide bonds. The summed E-state index contributed by atoms with van der Waals surface area (Å²) in [5.41, 5.74) is 0.961. The maximum Gasteiger partial charge on any atom is 0.138 e. The molecule has 0 aromatic heterocycles. The zero-order valence-corrected chi connectivity index (χ0v) is 12.5. The lowest BCUT2D eigenvalue weighted by Crippen LogP contribution is -2.45. The quantitative estimate of drug-likeness (QED) is 0.891. The van der Waals surface area contributed by atoms with E-state index in [9.17, 15) is 5.11 Å². The molecule has 1 aliphatic rings. The van der Waals surface area contributed by atoms with Gasteiger partial charge in [-0.2, -0.15) is 0 Å². The fourth-order valence-corrected chi connectivity index (χ4v) is 2.90. The lowest BCUT2D eigenvalue weighted by Gasteiger charge is -2.36. The first-order chi connectivity index (χ1) is 9.09. The van der Waals surface area contributed by atoms with Crippen LogP contribution in [-0.2, 0) is 0 Å². The molecule has 0 bridgehead atoms. The highest BCUT2D eigenvalue weighted by atomic mass is 35.5. The maximum absolute atomic E-state index is 10.2. The van der Waals surface area contributed by atoms with Gasteiger partial charge in [0.1, 0.15) is 5.75 Å². The maximum atomic E-state index is 10.2. The summed E-state index contributed by atoms with van der Waals surface area (Å²) in [5, 5.41) is 14.1. The van der Waals surface area contributed by atoms with Crippen molar-refractivity contribution in [3.05, 3.63) is 28.8 Å². The summed E-state index contributed by atoms with van der Waals surface area (Å²) in [7, 11) is 0. The van der Waals surface area contributed by atoms with E-state index in [2.05, 4.69) is 24.1 Å². The van der Waals surface area contributed by atoms with E-state index in [1.807, 2.05) is 12.1 Å². The zero-order chi connectivity index (χ0) is 13.8. The molecule has 0 radical (unpaired) electrons. The molecule has 4 heteroatoms. The molecule has 106 valence electrons. The predicted octanol–water partition coefficient (Wildman–Crippen LogP) is 3.04. The van der Waals surface area contributed by atoms with E-state index in [0.29, 0.717) is 10.9 Å². The molecule has 2 N–H and O–H groups in total. The molecule has 1 saturated heterocycles. The third-order valence-corrected chi connectivity index (χ3v) is 3.97. The van der Waals surface area contributed by atoms with E-state index < -0.39 is 0 Å². The molecule has 1 heterocycles. The summed E-state index contributed by atoms with van der Waals surface area (Å²) < 4.78 is 0. The molecule has 1 aromatic rings. The Balaban J connectivity index is 2.27. The number of nitrogens with one attached hydrogen (secondary N) is 1. The van der Waals surface area contributed by atoms with Crippen molar-refractivity contribution in [1.82, 2.24) is 10.2 Å². The lowest BCUT2D eigenvalue weighted by molar-refractivity contribution is 0.151. The van der Waals surface area contributed by atoms with Crippen LogP contribution in [0.3, 0.4) is 0 Å². The molecule has 1 fully saturated rings. The van der Waals surface area contributed by atoms with Crippen molar-refractivity contribution in [1.29, 1.82) is 0 Å². The summed E-state index contributed by atoms with van der Waals surface area (Å²) in [4.78, 5) is 2.45. The zero-order valence-electron chi connectivity index (χ0n) is 11.7. The summed E-state index contributed by atoms with van der Waals surface area (Å²) in [5.74, 6) is 0.826. The van der Waals surface area contributed by atoms with Crippen LogP contribution in [0.1, 0.15) is 31.9 Å². The Morgan fingerprint density at radius 3 is 2.63 bits per heavy atom. The molecule has 1 atom stereocenters. The number of hydrogen-bond acceptors (Lipinski definition) is 3. The van der Waals surface area contributed by atoms with Crippen LogP contribution in [0.2, 0.25) is 5.02 Å². The Bertz CT molecular complexity index is 417. The van der Waals surface area contributed by atoms with Gasteiger partial charge < -0.3 is 10.4 Å². The Labute approximate surface area is 120 Å². The van der Waals surface area contributed by atoms with Gasteiger partial charge in [0.05, 0.1) is 5.02 Å². The minimum atomic E-state index is 0.244. The van der Waals surface area contributed by atoms with Gasteiger partial charge in [-0.05, 0) is 18.4 Å². The molecule has 0 unspecified atom stereocenters. The van der Waals surface area contributed by atoms with E-state index in [-0.39, 0.29) is 11.8 Å². The number of rotatable bonds is 4. The van der Waals surface area contributed by atoms with Crippen LogP contribution < -0.4 is 5.32 Å². The number of halogens is 1. The molecular formula is C15H23ClN2O. The van der Waals surface area contributed by atoms with Gasteiger partial charge in [-0.1, -0.05) is 37.6 Å². The van der Waals surface area contributed by atoms with Gasteiger partial charge >= 0.3 is 0 Å². The highest BCUT2D eigenvalue weighted by Gasteiger charge is 2.25. The van der Waals surface area contributed by atoms with Crippen molar-refractivity contribution in [3.63, 3.8) is 0 Å². The second-order valence-electron chi connectivity index (χ2n) is 5.61. The van der Waals surface area contributed by atoms with Gasteiger partial charge in [0.15, 0.2) is 0 Å². The fraction of sp³-hybridized carbons (Fsp3) is 0.600. The van der Waals surface area contributed by atoms with E-state index in [4.69, 9.17) is 11.6 Å². The molecule has 19 heavy (non-hydrogen) atoms. The summed E-state index contributed by atoms with van der Waals surface area (Å²) in [6.07, 6.45) is 1.04. The van der Waals surface area contributed by atoms with Crippen LogP contribution in [-0.4, -0.2) is 36.2 Å². The van der Waals surface area contributed by atoms with E-state index >= 15 is 0 Å². The molecule has 3 nitrogen and oxygen atoms in total. The Kier molecular flexibility index (Phi) is 5.08. The third-order valence-electron chi connectivity index (χ3n) is 3.66. The minimum absolute atomic E-state index is 0.244. The number of hydrogen-bond donors (Lipinski definition) is 2. The van der Waals surface area contributed by atoms with Gasteiger partial charge in [0, 0.05) is 37.8 Å². The van der Waals surface area contributed by atoms with Crippen molar-refractivity contribution in [2.24, 2.45) is 5.92 Å². The second kappa shape index (κ2) is 6.60. The number of piperazine rings is 1. The normalized spacial score (nSPS) is 18.7. The van der Waals surface area contributed by atoms with E-state index in [1.54, 1.807) is 6.07 Å². The van der Waals surface area contributed by atoms with Crippen molar-refractivity contribution in [2.75, 3.05) is 26.2 Å². The van der Waals surface area contributed by atoms with Crippen molar-refractivity contribution < 1.29 is 5.11 Å². The summed E-state index contributed by atoms with van der Waals surface area (Å²) >= 11 is 6.05. The van der Waals surface area contributed by atoms with Crippen molar-refractivity contribution >= 4 is 11.6 Å². The highest BCUT2D eigenvalue weighted by molar-refractivity contribution is 6.32. The van der Waals surface area contributed by atoms with Crippen LogP contribution in [0.4, 0.5) is 0 Å². The number of benzene rings is 1. The summed E-state index contributed by atoms with van der Waals surface area (Å²) in [6, 6.07) is 5.91. The van der Waals surface area contributed by atoms with Crippen LogP contribution in [0.5, 0.6) is 5.75 Å². The van der Waals surface area contributed by atoms with Gasteiger partial charge in [-0.3, -0.25) is 4.90 Å². The standard InChI is InChI=1S/C15H23ClN2O/c1-11(2)10-14(18-8-6-17-7-9-18)12-4-3-5-13(16)15(12)19/h3-5,11,14,17,19H,6-10H2,1-2H3/t14-/m0/s1. The van der Waals surface area contributed by atoms with Gasteiger partial charge in [0.2, 0.25) is 0 Å². The van der Waals surface area contributed by atoms with Crippen molar-refractivity contribution in [3.8, 4) is 5.75 Å². The minimum Gasteiger partial charge on any atom is -0.506 e. The predicted molar refractivity (Wildman–Crippen MR) is 79.8 cm³/mol. The van der Waals surface area contributed by atoms with Crippen LogP contribution in [0, 0.1) is 5.92 Å². The Morgan fingerprint density at radius 2 is 2.00 bits per heavy atom. The molecule has 0 spiro atoms.